The lowest BCUT2D eigenvalue weighted by Gasteiger charge is -2.25. The Morgan fingerprint density at radius 3 is 2.05 bits per heavy atom. The first-order valence-electron chi connectivity index (χ1n) is 11.9. The van der Waals surface area contributed by atoms with E-state index < -0.39 is 54.9 Å². The summed E-state index contributed by atoms with van der Waals surface area (Å²) in [6.07, 6.45) is -4.90. The lowest BCUT2D eigenvalue weighted by Crippen LogP contribution is -2.38. The zero-order valence-corrected chi connectivity index (χ0v) is 25.3. The van der Waals surface area contributed by atoms with Crippen LogP contribution in [0.3, 0.4) is 0 Å². The van der Waals surface area contributed by atoms with Crippen LogP contribution in [0.5, 0.6) is 0 Å². The molecule has 2 N–H and O–H groups in total. The summed E-state index contributed by atoms with van der Waals surface area (Å²) in [5.74, 6) is -0.928. The predicted molar refractivity (Wildman–Crippen MR) is 160 cm³/mol. The predicted octanol–water partition coefficient (Wildman–Crippen LogP) is 7.30. The Morgan fingerprint density at radius 2 is 1.42 bits per heavy atom. The van der Waals surface area contributed by atoms with Gasteiger partial charge >= 0.3 is 6.18 Å². The monoisotopic (exact) mass is 691 g/mol. The summed E-state index contributed by atoms with van der Waals surface area (Å²) in [7, 11) is -8.64. The number of rotatable bonds is 9. The second-order valence-electron chi connectivity index (χ2n) is 8.77. The number of benzene rings is 4. The molecule has 0 aromatic heterocycles. The smallest absolute Gasteiger partial charge is 0.325 e. The van der Waals surface area contributed by atoms with Crippen molar-refractivity contribution in [1.29, 1.82) is 0 Å². The molecule has 0 saturated carbocycles. The van der Waals surface area contributed by atoms with Crippen LogP contribution in [0, 0.1) is 0 Å². The highest BCUT2D eigenvalue weighted by Gasteiger charge is 2.35. The van der Waals surface area contributed by atoms with Gasteiger partial charge in [-0.25, -0.2) is 16.8 Å². The average molecular weight is 693 g/mol. The van der Waals surface area contributed by atoms with E-state index >= 15 is 0 Å². The number of halogens is 6. The minimum atomic E-state index is -4.90. The maximum atomic E-state index is 13.5. The second-order valence-corrected chi connectivity index (χ2v) is 13.5. The Kier molecular flexibility index (Phi) is 9.52. The summed E-state index contributed by atoms with van der Waals surface area (Å²) in [5.41, 5.74) is -1.62. The molecule has 4 aromatic rings. The summed E-state index contributed by atoms with van der Waals surface area (Å²) >= 11 is 17.7. The highest BCUT2D eigenvalue weighted by Crippen LogP contribution is 2.38. The fourth-order valence-electron chi connectivity index (χ4n) is 3.76. The SMILES string of the molecule is O=C(CN(c1ccc(Cl)c(C(F)(F)F)c1)S(=O)(=O)c1ccccc1)Nc1ccc(S(=O)(=O)Nc2cccc(Cl)c2Cl)cc1. The Morgan fingerprint density at radius 1 is 0.767 bits per heavy atom. The molecule has 1 amide bonds. The van der Waals surface area contributed by atoms with Crippen LogP contribution in [0.1, 0.15) is 5.56 Å². The van der Waals surface area contributed by atoms with Crippen molar-refractivity contribution in [2.45, 2.75) is 16.0 Å². The quantitative estimate of drug-likeness (QED) is 0.191. The van der Waals surface area contributed by atoms with Crippen LogP contribution in [-0.2, 0) is 31.0 Å². The maximum Gasteiger partial charge on any atom is 0.417 e. The fourth-order valence-corrected chi connectivity index (χ4v) is 6.89. The summed E-state index contributed by atoms with van der Waals surface area (Å²) in [6.45, 7) is -0.926. The Balaban J connectivity index is 1.59. The molecule has 0 bridgehead atoms. The number of hydrogen-bond donors (Lipinski definition) is 2. The summed E-state index contributed by atoms with van der Waals surface area (Å²) in [5, 5.41) is 1.90. The van der Waals surface area contributed by atoms with Crippen molar-refractivity contribution in [3.8, 4) is 0 Å². The van der Waals surface area contributed by atoms with Crippen molar-refractivity contribution in [1.82, 2.24) is 0 Å². The third-order valence-electron chi connectivity index (χ3n) is 5.81. The molecule has 0 fully saturated rings. The van der Waals surface area contributed by atoms with Gasteiger partial charge < -0.3 is 5.32 Å². The normalized spacial score (nSPS) is 12.0. The minimum absolute atomic E-state index is 0.00493. The number of carbonyl (C=O) groups is 1. The van der Waals surface area contributed by atoms with Crippen LogP contribution in [0.4, 0.5) is 30.2 Å². The van der Waals surface area contributed by atoms with Gasteiger partial charge in [-0.15, -0.1) is 0 Å². The van der Waals surface area contributed by atoms with Crippen LogP contribution in [0.25, 0.3) is 0 Å². The van der Waals surface area contributed by atoms with Gasteiger partial charge in [0, 0.05) is 5.69 Å². The summed E-state index contributed by atoms with van der Waals surface area (Å²) < 4.78 is 96.0. The van der Waals surface area contributed by atoms with Crippen molar-refractivity contribution < 1.29 is 34.8 Å². The van der Waals surface area contributed by atoms with Crippen molar-refractivity contribution in [3.63, 3.8) is 0 Å². The molecule has 0 saturated heterocycles. The third-order valence-corrected chi connectivity index (χ3v) is 10.1. The molecule has 0 atom stereocenters. The number of nitrogens with one attached hydrogen (secondary N) is 2. The Hall–Kier alpha value is -3.49. The lowest BCUT2D eigenvalue weighted by atomic mass is 10.2. The van der Waals surface area contributed by atoms with Crippen molar-refractivity contribution in [2.75, 3.05) is 20.9 Å². The first kappa shape index (κ1) is 32.4. The number of carbonyl (C=O) groups excluding carboxylic acids is 1. The van der Waals surface area contributed by atoms with Gasteiger partial charge in [0.25, 0.3) is 20.0 Å². The van der Waals surface area contributed by atoms with E-state index in [1.54, 1.807) is 6.07 Å². The van der Waals surface area contributed by atoms with Gasteiger partial charge in [-0.3, -0.25) is 13.8 Å². The van der Waals surface area contributed by atoms with Gasteiger partial charge in [-0.2, -0.15) is 13.2 Å². The highest BCUT2D eigenvalue weighted by atomic mass is 35.5. The van der Waals surface area contributed by atoms with Crippen molar-refractivity contribution in [3.05, 3.63) is 112 Å². The number of amides is 1. The molecular formula is C27H19Cl3F3N3O5S2. The van der Waals surface area contributed by atoms with E-state index in [9.17, 15) is 34.8 Å². The average Bonchev–Trinajstić information content (AvgIpc) is 2.94. The van der Waals surface area contributed by atoms with Crippen molar-refractivity contribution in [2.24, 2.45) is 0 Å². The maximum absolute atomic E-state index is 13.5. The molecule has 0 heterocycles. The van der Waals surface area contributed by atoms with E-state index in [0.29, 0.717) is 10.4 Å². The fraction of sp³-hybridized carbons (Fsp3) is 0.0741. The number of sulfonamides is 2. The Bertz CT molecular complexity index is 1880. The molecule has 0 aliphatic carbocycles. The number of nitrogens with zero attached hydrogens (tertiary/aromatic N) is 1. The van der Waals surface area contributed by atoms with E-state index in [1.165, 1.54) is 66.7 Å². The number of alkyl halides is 3. The van der Waals surface area contributed by atoms with Crippen LogP contribution in [0.2, 0.25) is 15.1 Å². The molecule has 0 aliphatic rings. The van der Waals surface area contributed by atoms with Crippen LogP contribution < -0.4 is 14.3 Å². The minimum Gasteiger partial charge on any atom is -0.325 e. The second kappa shape index (κ2) is 12.6. The topological polar surface area (TPSA) is 113 Å². The standard InChI is InChI=1S/C27H19Cl3F3N3O5S2/c28-22-14-11-18(15-21(22)27(31,32)33)36(43(40,41)20-5-2-1-3-6-20)16-25(37)34-17-9-12-19(13-10-17)42(38,39)35-24-8-4-7-23(29)26(24)30/h1-15,35H,16H2,(H,34,37). The highest BCUT2D eigenvalue weighted by molar-refractivity contribution is 7.93. The molecular weight excluding hydrogens is 674 g/mol. The zero-order chi connectivity index (χ0) is 31.6. The first-order chi connectivity index (χ1) is 20.1. The molecule has 0 spiro atoms. The van der Waals surface area contributed by atoms with E-state index in [2.05, 4.69) is 10.0 Å². The molecule has 43 heavy (non-hydrogen) atoms. The van der Waals surface area contributed by atoms with Crippen molar-refractivity contribution >= 4 is 77.8 Å². The van der Waals surface area contributed by atoms with E-state index in [4.69, 9.17) is 34.8 Å². The molecule has 4 aromatic carbocycles. The van der Waals surface area contributed by atoms with E-state index in [1.807, 2.05) is 0 Å². The largest absolute Gasteiger partial charge is 0.417 e. The van der Waals surface area contributed by atoms with Crippen LogP contribution >= 0.6 is 34.8 Å². The third kappa shape index (κ3) is 7.54. The van der Waals surface area contributed by atoms with Crippen LogP contribution in [0.15, 0.2) is 101 Å². The van der Waals surface area contributed by atoms with Gasteiger partial charge in [-0.1, -0.05) is 59.1 Å². The van der Waals surface area contributed by atoms with E-state index in [0.717, 1.165) is 12.1 Å². The Labute approximate surface area is 260 Å². The lowest BCUT2D eigenvalue weighted by molar-refractivity contribution is -0.137. The molecule has 0 aliphatic heterocycles. The molecule has 4 rings (SSSR count). The van der Waals surface area contributed by atoms with E-state index in [-0.39, 0.29) is 31.2 Å². The molecule has 0 unspecified atom stereocenters. The summed E-state index contributed by atoms with van der Waals surface area (Å²) in [4.78, 5) is 12.5. The molecule has 0 radical (unpaired) electrons. The van der Waals surface area contributed by atoms with Crippen LogP contribution in [-0.4, -0.2) is 29.3 Å². The molecule has 8 nitrogen and oxygen atoms in total. The van der Waals surface area contributed by atoms with Gasteiger partial charge in [0.2, 0.25) is 5.91 Å². The van der Waals surface area contributed by atoms with Gasteiger partial charge in [0.05, 0.1) is 41.8 Å². The molecule has 16 heteroatoms. The van der Waals surface area contributed by atoms with Gasteiger partial charge in [-0.05, 0) is 66.7 Å². The molecule has 226 valence electrons. The zero-order valence-electron chi connectivity index (χ0n) is 21.4. The number of anilines is 3. The van der Waals surface area contributed by atoms with Gasteiger partial charge in [0.1, 0.15) is 6.54 Å². The first-order valence-corrected chi connectivity index (χ1v) is 16.0. The summed E-state index contributed by atoms with van der Waals surface area (Å²) in [6, 6.07) is 18.5. The number of hydrogen-bond acceptors (Lipinski definition) is 5. The van der Waals surface area contributed by atoms with Gasteiger partial charge in [0.15, 0.2) is 0 Å².